The van der Waals surface area contributed by atoms with Crippen LogP contribution >= 0.6 is 11.3 Å². The highest BCUT2D eigenvalue weighted by atomic mass is 32.1. The van der Waals surface area contributed by atoms with Crippen LogP contribution in [0.2, 0.25) is 0 Å². The van der Waals surface area contributed by atoms with Crippen molar-refractivity contribution in [2.24, 2.45) is 4.99 Å². The van der Waals surface area contributed by atoms with Crippen LogP contribution < -0.4 is 9.54 Å². The summed E-state index contributed by atoms with van der Waals surface area (Å²) in [5.41, 5.74) is 1.54. The maximum absolute atomic E-state index is 12.7. The maximum atomic E-state index is 12.7. The van der Waals surface area contributed by atoms with Crippen molar-refractivity contribution in [3.8, 4) is 5.75 Å². The molecule has 30 heavy (non-hydrogen) atoms. The van der Waals surface area contributed by atoms with E-state index in [2.05, 4.69) is 4.99 Å². The van der Waals surface area contributed by atoms with Crippen molar-refractivity contribution in [3.05, 3.63) is 58.4 Å². The highest BCUT2D eigenvalue weighted by molar-refractivity contribution is 7.16. The third kappa shape index (κ3) is 3.43. The van der Waals surface area contributed by atoms with E-state index in [-0.39, 0.29) is 6.54 Å². The number of carbonyl (C=O) groups excluding carboxylic acids is 3. The first-order chi connectivity index (χ1) is 14.5. The molecule has 1 aliphatic heterocycles. The number of benzene rings is 2. The van der Waals surface area contributed by atoms with Gasteiger partial charge in [0.25, 0.3) is 17.7 Å². The van der Waals surface area contributed by atoms with Gasteiger partial charge in [-0.15, -0.1) is 0 Å². The first-order valence-electron chi connectivity index (χ1n) is 9.83. The predicted molar refractivity (Wildman–Crippen MR) is 114 cm³/mol. The molecule has 0 bridgehead atoms. The Labute approximate surface area is 177 Å². The van der Waals surface area contributed by atoms with E-state index in [9.17, 15) is 14.4 Å². The third-order valence-corrected chi connectivity index (χ3v) is 5.85. The molecule has 0 saturated heterocycles. The van der Waals surface area contributed by atoms with E-state index in [4.69, 9.17) is 4.74 Å². The van der Waals surface area contributed by atoms with Crippen molar-refractivity contribution >= 4 is 39.3 Å². The lowest BCUT2D eigenvalue weighted by Crippen LogP contribution is -2.35. The summed E-state index contributed by atoms with van der Waals surface area (Å²) >= 11 is 1.39. The van der Waals surface area contributed by atoms with E-state index < -0.39 is 17.7 Å². The Hall–Kier alpha value is -3.26. The topological polar surface area (TPSA) is 81.0 Å². The van der Waals surface area contributed by atoms with E-state index in [0.717, 1.165) is 27.3 Å². The number of hydrogen-bond acceptors (Lipinski definition) is 5. The number of ether oxygens (including phenoxy) is 1. The van der Waals surface area contributed by atoms with Gasteiger partial charge in [0, 0.05) is 6.54 Å². The molecule has 3 aromatic rings. The Morgan fingerprint density at radius 2 is 1.73 bits per heavy atom. The Bertz CT molecular complexity index is 1190. The molecular weight excluding hydrogens is 402 g/mol. The number of imide groups is 1. The summed E-state index contributed by atoms with van der Waals surface area (Å²) in [7, 11) is 0. The molecule has 154 valence electrons. The van der Waals surface area contributed by atoms with Crippen LogP contribution in [0.3, 0.4) is 0 Å². The largest absolute Gasteiger partial charge is 0.492 e. The molecule has 0 N–H and O–H groups in total. The van der Waals surface area contributed by atoms with Gasteiger partial charge in [0.2, 0.25) is 0 Å². The van der Waals surface area contributed by atoms with Crippen molar-refractivity contribution in [1.82, 2.24) is 9.47 Å². The van der Waals surface area contributed by atoms with Gasteiger partial charge in [0.1, 0.15) is 17.8 Å². The quantitative estimate of drug-likeness (QED) is 0.570. The molecule has 0 spiro atoms. The second kappa shape index (κ2) is 8.23. The number of aryl methyl sites for hydroxylation is 1. The van der Waals surface area contributed by atoms with E-state index in [0.29, 0.717) is 29.1 Å². The lowest BCUT2D eigenvalue weighted by molar-refractivity contribution is -0.118. The number of fused-ring (bicyclic) bond motifs is 2. The second-order valence-corrected chi connectivity index (χ2v) is 7.83. The zero-order valence-corrected chi connectivity index (χ0v) is 17.6. The smallest absolute Gasteiger partial charge is 0.268 e. The molecule has 0 saturated carbocycles. The molecule has 3 amide bonds. The van der Waals surface area contributed by atoms with Gasteiger partial charge in [-0.1, -0.05) is 36.5 Å². The van der Waals surface area contributed by atoms with Crippen LogP contribution in [0.1, 0.15) is 41.0 Å². The summed E-state index contributed by atoms with van der Waals surface area (Å²) in [6.45, 7) is 4.79. The molecule has 0 fully saturated rings. The monoisotopic (exact) mass is 423 g/mol. The standard InChI is InChI=1S/C22H21N3O4S/c1-3-12-24-19-16(29-4-2)10-7-11-17(19)30-22(24)23-18(26)13-25-20(27)14-8-5-6-9-15(14)21(25)28/h5-11H,3-4,12-13H2,1-2H3. The minimum Gasteiger partial charge on any atom is -0.492 e. The minimum atomic E-state index is -0.543. The summed E-state index contributed by atoms with van der Waals surface area (Å²) in [5.74, 6) is -0.723. The molecule has 1 aromatic heterocycles. The summed E-state index contributed by atoms with van der Waals surface area (Å²) in [4.78, 5) is 43.5. The van der Waals surface area contributed by atoms with E-state index in [1.807, 2.05) is 36.6 Å². The molecule has 0 aliphatic carbocycles. The number of rotatable bonds is 6. The van der Waals surface area contributed by atoms with Crippen molar-refractivity contribution in [3.63, 3.8) is 0 Å². The Morgan fingerprint density at radius 3 is 2.37 bits per heavy atom. The van der Waals surface area contributed by atoms with Gasteiger partial charge < -0.3 is 9.30 Å². The predicted octanol–water partition coefficient (Wildman–Crippen LogP) is 3.24. The van der Waals surface area contributed by atoms with E-state index in [1.54, 1.807) is 24.3 Å². The second-order valence-electron chi connectivity index (χ2n) is 6.82. The van der Waals surface area contributed by atoms with Crippen molar-refractivity contribution in [2.75, 3.05) is 13.2 Å². The molecule has 1 aliphatic rings. The number of para-hydroxylation sites is 1. The molecule has 0 unspecified atom stereocenters. The van der Waals surface area contributed by atoms with Gasteiger partial charge in [-0.25, -0.2) is 0 Å². The van der Waals surface area contributed by atoms with Crippen LogP contribution in [0.5, 0.6) is 5.75 Å². The zero-order chi connectivity index (χ0) is 21.3. The number of nitrogens with zero attached hydrogens (tertiary/aromatic N) is 3. The fourth-order valence-corrected chi connectivity index (χ4v) is 4.64. The van der Waals surface area contributed by atoms with Crippen LogP contribution in [0, 0.1) is 0 Å². The highest BCUT2D eigenvalue weighted by Gasteiger charge is 2.36. The lowest BCUT2D eigenvalue weighted by Gasteiger charge is -2.11. The summed E-state index contributed by atoms with van der Waals surface area (Å²) < 4.78 is 8.68. The summed E-state index contributed by atoms with van der Waals surface area (Å²) in [5, 5.41) is 0. The van der Waals surface area contributed by atoms with Crippen LogP contribution in [0.15, 0.2) is 47.5 Å². The van der Waals surface area contributed by atoms with Gasteiger partial charge in [-0.05, 0) is 37.6 Å². The van der Waals surface area contributed by atoms with Crippen LogP contribution in [-0.4, -0.2) is 40.3 Å². The van der Waals surface area contributed by atoms with Gasteiger partial charge in [0.05, 0.1) is 22.4 Å². The van der Waals surface area contributed by atoms with E-state index in [1.165, 1.54) is 11.3 Å². The fourth-order valence-electron chi connectivity index (χ4n) is 3.55. The Balaban J connectivity index is 1.69. The van der Waals surface area contributed by atoms with E-state index >= 15 is 0 Å². The number of carbonyl (C=O) groups is 3. The number of aromatic nitrogens is 1. The first kappa shape index (κ1) is 20.0. The SMILES string of the molecule is CCCn1c(=NC(=O)CN2C(=O)c3ccccc3C2=O)sc2cccc(OCC)c21. The molecule has 7 nitrogen and oxygen atoms in total. The number of amides is 3. The van der Waals surface area contributed by atoms with Crippen molar-refractivity contribution < 1.29 is 19.1 Å². The van der Waals surface area contributed by atoms with Crippen LogP contribution in [0.25, 0.3) is 10.2 Å². The molecule has 0 atom stereocenters. The van der Waals surface area contributed by atoms with Crippen molar-refractivity contribution in [2.45, 2.75) is 26.8 Å². The first-order valence-corrected chi connectivity index (χ1v) is 10.6. The normalized spacial score (nSPS) is 13.9. The zero-order valence-electron chi connectivity index (χ0n) is 16.8. The Kier molecular flexibility index (Phi) is 5.50. The van der Waals surface area contributed by atoms with Gasteiger partial charge >= 0.3 is 0 Å². The summed E-state index contributed by atoms with van der Waals surface area (Å²) in [6.07, 6.45) is 0.853. The van der Waals surface area contributed by atoms with Gasteiger partial charge in [-0.3, -0.25) is 19.3 Å². The minimum absolute atomic E-state index is 0.319. The molecule has 0 radical (unpaired) electrons. The number of thiazole rings is 1. The molecule has 2 heterocycles. The van der Waals surface area contributed by atoms with Crippen LogP contribution in [0.4, 0.5) is 0 Å². The Morgan fingerprint density at radius 1 is 1.03 bits per heavy atom. The average Bonchev–Trinajstić information content (AvgIpc) is 3.20. The van der Waals surface area contributed by atoms with Gasteiger partial charge in [0.15, 0.2) is 4.80 Å². The number of hydrogen-bond donors (Lipinski definition) is 0. The third-order valence-electron chi connectivity index (χ3n) is 4.80. The molecule has 4 rings (SSSR count). The fraction of sp³-hybridized carbons (Fsp3) is 0.273. The van der Waals surface area contributed by atoms with Crippen molar-refractivity contribution in [1.29, 1.82) is 0 Å². The maximum Gasteiger partial charge on any atom is 0.268 e. The lowest BCUT2D eigenvalue weighted by atomic mass is 10.1. The van der Waals surface area contributed by atoms with Gasteiger partial charge in [-0.2, -0.15) is 4.99 Å². The molecular formula is C22H21N3O4S. The summed E-state index contributed by atoms with van der Waals surface area (Å²) in [6, 6.07) is 12.3. The molecule has 2 aromatic carbocycles. The molecule has 8 heteroatoms. The van der Waals surface area contributed by atoms with Crippen LogP contribution in [-0.2, 0) is 11.3 Å². The highest BCUT2D eigenvalue weighted by Crippen LogP contribution is 2.28. The average molecular weight is 423 g/mol.